The average Bonchev–Trinajstić information content (AvgIpc) is 2.98. The number of sulfone groups is 1. The number of amides is 3. The fourth-order valence-corrected chi connectivity index (χ4v) is 5.49. The highest BCUT2D eigenvalue weighted by Gasteiger charge is 2.55. The Balaban J connectivity index is 1.73. The van der Waals surface area contributed by atoms with Crippen LogP contribution in [0, 0.1) is 0 Å². The second-order valence-corrected chi connectivity index (χ2v) is 9.16. The van der Waals surface area contributed by atoms with Crippen LogP contribution in [0.25, 0.3) is 10.8 Å². The molecular weight excluding hydrogens is 356 g/mol. The topological polar surface area (TPSA) is 104 Å². The molecule has 2 saturated heterocycles. The van der Waals surface area contributed by atoms with E-state index in [-0.39, 0.29) is 0 Å². The Bertz CT molecular complexity index is 1030. The van der Waals surface area contributed by atoms with Crippen molar-refractivity contribution < 1.29 is 23.1 Å². The summed E-state index contributed by atoms with van der Waals surface area (Å²) in [5, 5.41) is 14.6. The molecule has 2 aromatic rings. The summed E-state index contributed by atoms with van der Waals surface area (Å²) in [6.07, 6.45) is -1.27. The molecule has 0 bridgehead atoms. The molecule has 2 N–H and O–H groups in total. The first kappa shape index (κ1) is 17.0. The number of benzene rings is 2. The molecule has 2 fully saturated rings. The Hall–Kier alpha value is -2.45. The molecule has 2 aliphatic heterocycles. The number of aliphatic hydroxyl groups excluding tert-OH is 1. The molecule has 0 aromatic heterocycles. The maximum absolute atomic E-state index is 13.1. The van der Waals surface area contributed by atoms with Crippen molar-refractivity contribution in [2.75, 3.05) is 11.5 Å². The van der Waals surface area contributed by atoms with Crippen LogP contribution in [0.15, 0.2) is 42.5 Å². The third-order valence-electron chi connectivity index (χ3n) is 5.17. The van der Waals surface area contributed by atoms with Crippen LogP contribution in [-0.2, 0) is 20.2 Å². The summed E-state index contributed by atoms with van der Waals surface area (Å²) in [7, 11) is -3.48. The lowest BCUT2D eigenvalue weighted by molar-refractivity contribution is -0.133. The highest BCUT2D eigenvalue weighted by molar-refractivity contribution is 7.91. The van der Waals surface area contributed by atoms with Crippen molar-refractivity contribution in [1.29, 1.82) is 0 Å². The van der Waals surface area contributed by atoms with Crippen LogP contribution >= 0.6 is 0 Å². The predicted molar refractivity (Wildman–Crippen MR) is 95.1 cm³/mol. The van der Waals surface area contributed by atoms with Gasteiger partial charge >= 0.3 is 6.03 Å². The predicted octanol–water partition coefficient (Wildman–Crippen LogP) is 0.765. The molecule has 0 radical (unpaired) electrons. The Morgan fingerprint density at radius 3 is 2.46 bits per heavy atom. The summed E-state index contributed by atoms with van der Waals surface area (Å²) in [6, 6.07) is 11.4. The zero-order chi connectivity index (χ0) is 18.7. The van der Waals surface area contributed by atoms with Gasteiger partial charge in [-0.2, -0.15) is 0 Å². The monoisotopic (exact) mass is 374 g/mol. The van der Waals surface area contributed by atoms with Crippen LogP contribution in [0.5, 0.6) is 0 Å². The van der Waals surface area contributed by atoms with Crippen molar-refractivity contribution in [3.05, 3.63) is 48.0 Å². The SMILES string of the molecule is C[C@]1(c2ccc3ccccc3c2)NC(=O)N([C@H]2CS(=O)(=O)C[C@@H]2O)C1=O. The molecule has 2 heterocycles. The van der Waals surface area contributed by atoms with Gasteiger partial charge in [-0.05, 0) is 29.3 Å². The van der Waals surface area contributed by atoms with Gasteiger partial charge in [-0.15, -0.1) is 0 Å². The summed E-state index contributed by atoms with van der Waals surface area (Å²) in [5.74, 6) is -1.42. The minimum atomic E-state index is -3.48. The molecule has 0 aliphatic carbocycles. The van der Waals surface area contributed by atoms with Gasteiger partial charge in [0.2, 0.25) is 0 Å². The molecule has 26 heavy (non-hydrogen) atoms. The number of nitrogens with zero attached hydrogens (tertiary/aromatic N) is 1. The maximum Gasteiger partial charge on any atom is 0.325 e. The van der Waals surface area contributed by atoms with E-state index in [0.717, 1.165) is 15.7 Å². The van der Waals surface area contributed by atoms with Gasteiger partial charge in [0.05, 0.1) is 23.7 Å². The van der Waals surface area contributed by atoms with Gasteiger partial charge in [-0.25, -0.2) is 13.2 Å². The lowest BCUT2D eigenvalue weighted by atomic mass is 9.90. The van der Waals surface area contributed by atoms with Crippen molar-refractivity contribution in [3.8, 4) is 0 Å². The van der Waals surface area contributed by atoms with Gasteiger partial charge < -0.3 is 10.4 Å². The van der Waals surface area contributed by atoms with Crippen LogP contribution in [0.3, 0.4) is 0 Å². The normalized spacial score (nSPS) is 30.8. The van der Waals surface area contributed by atoms with E-state index in [4.69, 9.17) is 0 Å². The summed E-state index contributed by atoms with van der Waals surface area (Å²) < 4.78 is 23.5. The second-order valence-electron chi connectivity index (χ2n) is 7.00. The number of imide groups is 1. The molecular formula is C18H18N2O5S. The van der Waals surface area contributed by atoms with Crippen LogP contribution in [-0.4, -0.2) is 54.0 Å². The second kappa shape index (κ2) is 5.52. The third-order valence-corrected chi connectivity index (χ3v) is 6.87. The number of nitrogens with one attached hydrogen (secondary N) is 1. The van der Waals surface area contributed by atoms with Crippen LogP contribution in [0.1, 0.15) is 12.5 Å². The standard InChI is InChI=1S/C18H18N2O5S/c1-18(13-7-6-11-4-2-3-5-12(11)8-13)16(22)20(17(23)19-18)14-9-26(24,25)10-15(14)21/h2-8,14-15,21H,9-10H2,1H3,(H,19,23)/t14-,15-,18+/m0/s1. The molecule has 136 valence electrons. The highest BCUT2D eigenvalue weighted by atomic mass is 32.2. The zero-order valence-corrected chi connectivity index (χ0v) is 14.9. The summed E-state index contributed by atoms with van der Waals surface area (Å²) in [5.41, 5.74) is -0.708. The van der Waals surface area contributed by atoms with Crippen molar-refractivity contribution in [3.63, 3.8) is 0 Å². The Morgan fingerprint density at radius 1 is 1.12 bits per heavy atom. The Kier molecular flexibility index (Phi) is 3.61. The first-order chi connectivity index (χ1) is 12.2. The number of aliphatic hydroxyl groups is 1. The van der Waals surface area contributed by atoms with Crippen molar-refractivity contribution in [1.82, 2.24) is 10.2 Å². The van der Waals surface area contributed by atoms with Crippen molar-refractivity contribution in [2.24, 2.45) is 0 Å². The zero-order valence-electron chi connectivity index (χ0n) is 14.0. The van der Waals surface area contributed by atoms with Gasteiger partial charge in [-0.3, -0.25) is 9.69 Å². The van der Waals surface area contributed by atoms with Gasteiger partial charge in [-0.1, -0.05) is 36.4 Å². The molecule has 8 heteroatoms. The lowest BCUT2D eigenvalue weighted by Gasteiger charge is -2.26. The Morgan fingerprint density at radius 2 is 1.81 bits per heavy atom. The molecule has 0 spiro atoms. The van der Waals surface area contributed by atoms with Crippen molar-refractivity contribution in [2.45, 2.75) is 24.6 Å². The van der Waals surface area contributed by atoms with E-state index in [0.29, 0.717) is 5.56 Å². The summed E-state index contributed by atoms with van der Waals surface area (Å²) >= 11 is 0. The molecule has 3 amide bonds. The first-order valence-electron chi connectivity index (χ1n) is 8.25. The average molecular weight is 374 g/mol. The number of carbonyl (C=O) groups excluding carboxylic acids is 2. The molecule has 2 aliphatic rings. The minimum absolute atomic E-state index is 0.416. The molecule has 3 atom stereocenters. The van der Waals surface area contributed by atoms with Gasteiger partial charge in [0, 0.05) is 0 Å². The summed E-state index contributed by atoms with van der Waals surface area (Å²) in [4.78, 5) is 26.4. The van der Waals surface area contributed by atoms with Gasteiger partial charge in [0.15, 0.2) is 9.84 Å². The number of rotatable bonds is 2. The number of hydrogen-bond acceptors (Lipinski definition) is 5. The van der Waals surface area contributed by atoms with E-state index >= 15 is 0 Å². The first-order valence-corrected chi connectivity index (χ1v) is 10.1. The van der Waals surface area contributed by atoms with E-state index in [2.05, 4.69) is 5.32 Å². The van der Waals surface area contributed by atoms with Crippen LogP contribution < -0.4 is 5.32 Å². The molecule has 7 nitrogen and oxygen atoms in total. The van der Waals surface area contributed by atoms with E-state index in [1.165, 1.54) is 0 Å². The molecule has 2 aromatic carbocycles. The van der Waals surface area contributed by atoms with Crippen LogP contribution in [0.2, 0.25) is 0 Å². The van der Waals surface area contributed by atoms with E-state index in [1.807, 2.05) is 36.4 Å². The quantitative estimate of drug-likeness (QED) is 0.756. The van der Waals surface area contributed by atoms with Gasteiger partial charge in [0.25, 0.3) is 5.91 Å². The smallest absolute Gasteiger partial charge is 0.325 e. The Labute approximate surface area is 150 Å². The minimum Gasteiger partial charge on any atom is -0.390 e. The largest absolute Gasteiger partial charge is 0.390 e. The lowest BCUT2D eigenvalue weighted by Crippen LogP contribution is -2.48. The maximum atomic E-state index is 13.1. The number of hydrogen-bond donors (Lipinski definition) is 2. The van der Waals surface area contributed by atoms with E-state index < -0.39 is 51.0 Å². The van der Waals surface area contributed by atoms with Crippen LogP contribution in [0.4, 0.5) is 4.79 Å². The summed E-state index contributed by atoms with van der Waals surface area (Å²) in [6.45, 7) is 1.59. The molecule has 4 rings (SSSR count). The molecule has 0 saturated carbocycles. The van der Waals surface area contributed by atoms with E-state index in [9.17, 15) is 23.1 Å². The number of fused-ring (bicyclic) bond motifs is 1. The van der Waals surface area contributed by atoms with Crippen molar-refractivity contribution >= 4 is 32.5 Å². The van der Waals surface area contributed by atoms with Gasteiger partial charge in [0.1, 0.15) is 5.54 Å². The highest BCUT2D eigenvalue weighted by Crippen LogP contribution is 2.34. The fourth-order valence-electron chi connectivity index (χ4n) is 3.72. The fraction of sp³-hybridized carbons (Fsp3) is 0.333. The third kappa shape index (κ3) is 2.48. The van der Waals surface area contributed by atoms with E-state index in [1.54, 1.807) is 13.0 Å². The molecule has 0 unspecified atom stereocenters. The number of urea groups is 1. The number of carbonyl (C=O) groups is 2.